The predicted molar refractivity (Wildman–Crippen MR) is 74.5 cm³/mol. The summed E-state index contributed by atoms with van der Waals surface area (Å²) in [5.41, 5.74) is 0. The van der Waals surface area contributed by atoms with Crippen molar-refractivity contribution in [2.75, 3.05) is 13.1 Å². The van der Waals surface area contributed by atoms with E-state index in [1.165, 1.54) is 51.4 Å². The summed E-state index contributed by atoms with van der Waals surface area (Å²) in [6, 6.07) is 0.619. The van der Waals surface area contributed by atoms with Crippen molar-refractivity contribution in [2.45, 2.75) is 76.8 Å². The summed E-state index contributed by atoms with van der Waals surface area (Å²) < 4.78 is 0. The van der Waals surface area contributed by atoms with Gasteiger partial charge in [0, 0.05) is 12.6 Å². The van der Waals surface area contributed by atoms with Crippen LogP contribution in [-0.4, -0.2) is 36.0 Å². The second-order valence-electron chi connectivity index (χ2n) is 5.78. The van der Waals surface area contributed by atoms with Crippen molar-refractivity contribution in [3.05, 3.63) is 0 Å². The minimum Gasteiger partial charge on any atom is -0.338 e. The van der Waals surface area contributed by atoms with E-state index in [1.54, 1.807) is 0 Å². The van der Waals surface area contributed by atoms with Crippen molar-refractivity contribution >= 4 is 5.91 Å². The number of amides is 1. The summed E-state index contributed by atoms with van der Waals surface area (Å²) in [5, 5.41) is 3.34. The Labute approximate surface area is 111 Å². The number of nitrogens with one attached hydrogen (secondary N) is 1. The van der Waals surface area contributed by atoms with Crippen molar-refractivity contribution in [1.82, 2.24) is 10.2 Å². The molecule has 1 saturated carbocycles. The second kappa shape index (κ2) is 7.13. The van der Waals surface area contributed by atoms with Crippen LogP contribution in [0.5, 0.6) is 0 Å². The number of nitrogens with zero attached hydrogens (tertiary/aromatic N) is 1. The summed E-state index contributed by atoms with van der Waals surface area (Å²) in [7, 11) is 0. The fraction of sp³-hybridized carbons (Fsp3) is 0.933. The molecule has 1 saturated heterocycles. The zero-order valence-corrected chi connectivity index (χ0v) is 11.8. The van der Waals surface area contributed by atoms with Gasteiger partial charge in [0.05, 0.1) is 6.04 Å². The van der Waals surface area contributed by atoms with E-state index in [4.69, 9.17) is 0 Å². The lowest BCUT2D eigenvalue weighted by Crippen LogP contribution is -2.54. The van der Waals surface area contributed by atoms with E-state index in [-0.39, 0.29) is 6.04 Å². The highest BCUT2D eigenvalue weighted by Gasteiger charge is 2.32. The number of carbonyl (C=O) groups is 1. The van der Waals surface area contributed by atoms with Gasteiger partial charge in [0.2, 0.25) is 5.91 Å². The van der Waals surface area contributed by atoms with Gasteiger partial charge in [0.15, 0.2) is 0 Å². The van der Waals surface area contributed by atoms with E-state index in [0.29, 0.717) is 11.9 Å². The zero-order chi connectivity index (χ0) is 12.8. The molecule has 1 N–H and O–H groups in total. The first-order chi connectivity index (χ1) is 8.83. The van der Waals surface area contributed by atoms with Crippen molar-refractivity contribution in [3.63, 3.8) is 0 Å². The van der Waals surface area contributed by atoms with Crippen LogP contribution < -0.4 is 5.32 Å². The Morgan fingerprint density at radius 2 is 1.72 bits per heavy atom. The second-order valence-corrected chi connectivity index (χ2v) is 5.78. The molecule has 1 unspecified atom stereocenters. The quantitative estimate of drug-likeness (QED) is 0.837. The summed E-state index contributed by atoms with van der Waals surface area (Å²) in [6.45, 7) is 3.97. The molecule has 0 bridgehead atoms. The molecule has 2 rings (SSSR count). The van der Waals surface area contributed by atoms with Gasteiger partial charge in [-0.15, -0.1) is 0 Å². The maximum Gasteiger partial charge on any atom is 0.239 e. The average molecular weight is 252 g/mol. The molecule has 104 valence electrons. The van der Waals surface area contributed by atoms with E-state index in [2.05, 4.69) is 17.1 Å². The number of likely N-dealkylation sites (tertiary alicyclic amines) is 1. The van der Waals surface area contributed by atoms with Crippen LogP contribution in [0, 0.1) is 0 Å². The highest BCUT2D eigenvalue weighted by molar-refractivity contribution is 5.82. The minimum absolute atomic E-state index is 0.0918. The molecule has 1 heterocycles. The lowest BCUT2D eigenvalue weighted by Gasteiger charge is -2.39. The summed E-state index contributed by atoms with van der Waals surface area (Å²) >= 11 is 0. The molecule has 18 heavy (non-hydrogen) atoms. The van der Waals surface area contributed by atoms with E-state index in [1.807, 2.05) is 0 Å². The molecule has 1 atom stereocenters. The van der Waals surface area contributed by atoms with Crippen LogP contribution in [-0.2, 0) is 4.79 Å². The fourth-order valence-electron chi connectivity index (χ4n) is 3.44. The lowest BCUT2D eigenvalue weighted by atomic mass is 9.93. The Hall–Kier alpha value is -0.570. The highest BCUT2D eigenvalue weighted by Crippen LogP contribution is 2.24. The van der Waals surface area contributed by atoms with Crippen LogP contribution in [0.4, 0.5) is 0 Å². The number of piperidine rings is 1. The third kappa shape index (κ3) is 3.47. The topological polar surface area (TPSA) is 32.3 Å². The molecular weight excluding hydrogens is 224 g/mol. The molecule has 1 aliphatic carbocycles. The van der Waals surface area contributed by atoms with E-state index in [0.717, 1.165) is 19.5 Å². The van der Waals surface area contributed by atoms with Crippen LogP contribution in [0.15, 0.2) is 0 Å². The highest BCUT2D eigenvalue weighted by atomic mass is 16.2. The van der Waals surface area contributed by atoms with Crippen molar-refractivity contribution < 1.29 is 4.79 Å². The normalized spacial score (nSPS) is 27.9. The van der Waals surface area contributed by atoms with Gasteiger partial charge in [-0.2, -0.15) is 0 Å². The van der Waals surface area contributed by atoms with Gasteiger partial charge in [-0.1, -0.05) is 39.0 Å². The van der Waals surface area contributed by atoms with Crippen LogP contribution in [0.1, 0.15) is 64.7 Å². The van der Waals surface area contributed by atoms with Crippen LogP contribution in [0.2, 0.25) is 0 Å². The SMILES string of the molecule is CCNC1CCCN(C2CCCCCCC2)C1=O. The Balaban J connectivity index is 1.94. The first-order valence-electron chi connectivity index (χ1n) is 7.86. The molecule has 0 radical (unpaired) electrons. The van der Waals surface area contributed by atoms with Gasteiger partial charge in [0.25, 0.3) is 0 Å². The summed E-state index contributed by atoms with van der Waals surface area (Å²) in [4.78, 5) is 14.7. The average Bonchev–Trinajstić information content (AvgIpc) is 2.33. The molecule has 0 aromatic rings. The molecule has 0 aromatic heterocycles. The Morgan fingerprint density at radius 1 is 1.06 bits per heavy atom. The standard InChI is InChI=1S/C15H28N2O/c1-2-16-14-11-8-12-17(15(14)18)13-9-6-4-3-5-7-10-13/h13-14,16H,2-12H2,1H3. The molecule has 2 fully saturated rings. The van der Waals surface area contributed by atoms with Crippen LogP contribution in [0.25, 0.3) is 0 Å². The lowest BCUT2D eigenvalue weighted by molar-refractivity contribution is -0.139. The molecule has 1 aliphatic heterocycles. The van der Waals surface area contributed by atoms with Gasteiger partial charge in [-0.05, 0) is 32.2 Å². The Morgan fingerprint density at radius 3 is 2.39 bits per heavy atom. The molecule has 3 nitrogen and oxygen atoms in total. The summed E-state index contributed by atoms with van der Waals surface area (Å²) in [5.74, 6) is 0.369. The van der Waals surface area contributed by atoms with Gasteiger partial charge in [-0.3, -0.25) is 4.79 Å². The number of rotatable bonds is 3. The zero-order valence-electron chi connectivity index (χ0n) is 11.8. The van der Waals surface area contributed by atoms with Crippen molar-refractivity contribution in [3.8, 4) is 0 Å². The maximum absolute atomic E-state index is 12.5. The largest absolute Gasteiger partial charge is 0.338 e. The first kappa shape index (κ1) is 13.9. The fourth-order valence-corrected chi connectivity index (χ4v) is 3.44. The minimum atomic E-state index is 0.0918. The number of carbonyl (C=O) groups excluding carboxylic acids is 1. The predicted octanol–water partition coefficient (Wildman–Crippen LogP) is 2.70. The van der Waals surface area contributed by atoms with Crippen molar-refractivity contribution in [1.29, 1.82) is 0 Å². The van der Waals surface area contributed by atoms with Gasteiger partial charge in [0.1, 0.15) is 0 Å². The van der Waals surface area contributed by atoms with E-state index < -0.39 is 0 Å². The third-order valence-corrected chi connectivity index (χ3v) is 4.44. The molecule has 2 aliphatic rings. The summed E-state index contributed by atoms with van der Waals surface area (Å²) in [6.07, 6.45) is 11.4. The molecule has 1 amide bonds. The molecule has 0 aromatic carbocycles. The molecule has 0 spiro atoms. The van der Waals surface area contributed by atoms with Gasteiger partial charge in [-0.25, -0.2) is 0 Å². The van der Waals surface area contributed by atoms with Crippen LogP contribution >= 0.6 is 0 Å². The van der Waals surface area contributed by atoms with E-state index >= 15 is 0 Å². The number of likely N-dealkylation sites (N-methyl/N-ethyl adjacent to an activating group) is 1. The molecular formula is C15H28N2O. The first-order valence-corrected chi connectivity index (χ1v) is 7.86. The van der Waals surface area contributed by atoms with Crippen molar-refractivity contribution in [2.24, 2.45) is 0 Å². The van der Waals surface area contributed by atoms with Crippen LogP contribution in [0.3, 0.4) is 0 Å². The number of hydrogen-bond donors (Lipinski definition) is 1. The smallest absolute Gasteiger partial charge is 0.239 e. The number of hydrogen-bond acceptors (Lipinski definition) is 2. The Bertz CT molecular complexity index is 257. The monoisotopic (exact) mass is 252 g/mol. The molecule has 3 heteroatoms. The Kier molecular flexibility index (Phi) is 5.48. The van der Waals surface area contributed by atoms with Gasteiger partial charge >= 0.3 is 0 Å². The third-order valence-electron chi connectivity index (χ3n) is 4.44. The maximum atomic E-state index is 12.5. The van der Waals surface area contributed by atoms with E-state index in [9.17, 15) is 4.79 Å². The van der Waals surface area contributed by atoms with Gasteiger partial charge < -0.3 is 10.2 Å².